The van der Waals surface area contributed by atoms with Crippen LogP contribution in [0.25, 0.3) is 0 Å². The molecule has 1 aromatic heterocycles. The number of nitrogens with one attached hydrogen (secondary N) is 1. The highest BCUT2D eigenvalue weighted by Crippen LogP contribution is 2.29. The largest absolute Gasteiger partial charge is 0.495 e. The van der Waals surface area contributed by atoms with E-state index in [1.807, 2.05) is 37.3 Å². The van der Waals surface area contributed by atoms with E-state index in [0.717, 1.165) is 37.6 Å². The Bertz CT molecular complexity index is 1190. The van der Waals surface area contributed by atoms with E-state index in [2.05, 4.69) is 26.3 Å². The lowest BCUT2D eigenvalue weighted by atomic mass is 10.2. The van der Waals surface area contributed by atoms with E-state index in [4.69, 9.17) is 9.47 Å². The lowest BCUT2D eigenvalue weighted by molar-refractivity contribution is -0.117. The molecule has 0 unspecified atom stereocenters. The zero-order chi connectivity index (χ0) is 23.9. The van der Waals surface area contributed by atoms with E-state index in [0.29, 0.717) is 23.9 Å². The summed E-state index contributed by atoms with van der Waals surface area (Å²) in [6, 6.07) is 18.3. The summed E-state index contributed by atoms with van der Waals surface area (Å²) in [6.07, 6.45) is 0. The first-order chi connectivity index (χ1) is 16.6. The number of benzene rings is 2. The number of ether oxygens (including phenoxy) is 2. The zero-order valence-corrected chi connectivity index (χ0v) is 20.7. The summed E-state index contributed by atoms with van der Waals surface area (Å²) in [6.45, 7) is 5.22. The number of para-hydroxylation sites is 4. The van der Waals surface area contributed by atoms with Gasteiger partial charge in [0.15, 0.2) is 0 Å². The Hall–Kier alpha value is -3.72. The van der Waals surface area contributed by atoms with Gasteiger partial charge in [-0.15, -0.1) is 12.4 Å². The average Bonchev–Trinajstić information content (AvgIpc) is 2.87. The minimum Gasteiger partial charge on any atom is -0.495 e. The molecule has 10 heteroatoms. The summed E-state index contributed by atoms with van der Waals surface area (Å²) < 4.78 is 12.2. The molecule has 1 aliphatic heterocycles. The second-order valence-electron chi connectivity index (χ2n) is 7.81. The van der Waals surface area contributed by atoms with Gasteiger partial charge in [0.1, 0.15) is 23.9 Å². The maximum absolute atomic E-state index is 12.6. The van der Waals surface area contributed by atoms with Gasteiger partial charge >= 0.3 is 0 Å². The first-order valence-electron chi connectivity index (χ1n) is 11.3. The molecule has 2 heterocycles. The van der Waals surface area contributed by atoms with Gasteiger partial charge in [-0.25, -0.2) is 4.68 Å². The van der Waals surface area contributed by atoms with Crippen LogP contribution in [0.4, 0.5) is 17.2 Å². The molecule has 1 aliphatic rings. The van der Waals surface area contributed by atoms with Crippen LogP contribution in [-0.4, -0.2) is 55.6 Å². The normalized spacial score (nSPS) is 13.1. The summed E-state index contributed by atoms with van der Waals surface area (Å²) in [5.74, 6) is 1.75. The molecular formula is C25H30ClN5O4. The van der Waals surface area contributed by atoms with E-state index < -0.39 is 0 Å². The van der Waals surface area contributed by atoms with Gasteiger partial charge in [-0.05, 0) is 37.3 Å². The third-order valence-electron chi connectivity index (χ3n) is 5.64. The van der Waals surface area contributed by atoms with Gasteiger partial charge < -0.3 is 24.6 Å². The average molecular weight is 500 g/mol. The monoisotopic (exact) mass is 499 g/mol. The van der Waals surface area contributed by atoms with Crippen LogP contribution >= 0.6 is 12.4 Å². The van der Waals surface area contributed by atoms with Crippen LogP contribution in [0.2, 0.25) is 0 Å². The van der Waals surface area contributed by atoms with Crippen molar-refractivity contribution in [3.8, 4) is 11.5 Å². The van der Waals surface area contributed by atoms with E-state index in [1.165, 1.54) is 10.7 Å². The Morgan fingerprint density at radius 2 is 1.60 bits per heavy atom. The molecule has 0 radical (unpaired) electrons. The van der Waals surface area contributed by atoms with Crippen LogP contribution in [0.3, 0.4) is 0 Å². The number of piperazine rings is 1. The quantitative estimate of drug-likeness (QED) is 0.509. The second-order valence-corrected chi connectivity index (χ2v) is 7.81. The maximum Gasteiger partial charge on any atom is 0.267 e. The van der Waals surface area contributed by atoms with Crippen molar-refractivity contribution >= 4 is 35.5 Å². The van der Waals surface area contributed by atoms with Gasteiger partial charge in [0, 0.05) is 32.2 Å². The third-order valence-corrected chi connectivity index (χ3v) is 5.64. The number of hydrogen-bond acceptors (Lipinski definition) is 7. The Morgan fingerprint density at radius 3 is 2.31 bits per heavy atom. The first-order valence-corrected chi connectivity index (χ1v) is 11.3. The molecule has 1 amide bonds. The molecule has 2 aromatic carbocycles. The predicted molar refractivity (Wildman–Crippen MR) is 139 cm³/mol. The van der Waals surface area contributed by atoms with Gasteiger partial charge in [-0.1, -0.05) is 24.3 Å². The van der Waals surface area contributed by atoms with Crippen LogP contribution < -0.4 is 30.1 Å². The molecule has 35 heavy (non-hydrogen) atoms. The van der Waals surface area contributed by atoms with Gasteiger partial charge in [0.05, 0.1) is 25.1 Å². The molecule has 1 fully saturated rings. The standard InChI is InChI=1S/C25H29N5O4.ClH/c1-3-34-21-10-6-4-8-19(21)26-24(31)18-30-25(32)13-12-23(27-30)29-16-14-28(15-17-29)20-9-5-7-11-22(20)33-2;/h4-13H,3,14-18H2,1-2H3,(H,26,31);1H. The van der Waals surface area contributed by atoms with Crippen molar-refractivity contribution in [2.75, 3.05) is 55.0 Å². The molecule has 0 aliphatic carbocycles. The van der Waals surface area contributed by atoms with Crippen LogP contribution in [0.15, 0.2) is 65.5 Å². The maximum atomic E-state index is 12.6. The number of amides is 1. The lowest BCUT2D eigenvalue weighted by Gasteiger charge is -2.37. The number of anilines is 3. The summed E-state index contributed by atoms with van der Waals surface area (Å²) in [5.41, 5.74) is 1.29. The van der Waals surface area contributed by atoms with Crippen molar-refractivity contribution in [3.63, 3.8) is 0 Å². The summed E-state index contributed by atoms with van der Waals surface area (Å²) in [4.78, 5) is 29.4. The number of rotatable bonds is 8. The zero-order valence-electron chi connectivity index (χ0n) is 19.8. The molecule has 0 saturated carbocycles. The van der Waals surface area contributed by atoms with E-state index >= 15 is 0 Å². The SMILES string of the molecule is CCOc1ccccc1NC(=O)Cn1nc(N2CCN(c3ccccc3OC)CC2)ccc1=O.Cl. The fourth-order valence-corrected chi connectivity index (χ4v) is 3.96. The van der Waals surface area contributed by atoms with Crippen molar-refractivity contribution in [2.45, 2.75) is 13.5 Å². The summed E-state index contributed by atoms with van der Waals surface area (Å²) in [7, 11) is 1.67. The van der Waals surface area contributed by atoms with Gasteiger partial charge in [0.2, 0.25) is 5.91 Å². The van der Waals surface area contributed by atoms with Crippen LogP contribution in [0.1, 0.15) is 6.92 Å². The smallest absolute Gasteiger partial charge is 0.267 e. The minimum atomic E-state index is -0.347. The van der Waals surface area contributed by atoms with Crippen LogP contribution in [0, 0.1) is 0 Å². The number of halogens is 1. The topological polar surface area (TPSA) is 88.9 Å². The Balaban J connectivity index is 0.00000342. The molecule has 0 bridgehead atoms. The third kappa shape index (κ3) is 6.24. The fraction of sp³-hybridized carbons (Fsp3) is 0.320. The molecule has 4 rings (SSSR count). The van der Waals surface area contributed by atoms with Crippen molar-refractivity contribution in [1.29, 1.82) is 0 Å². The molecule has 0 atom stereocenters. The highest BCUT2D eigenvalue weighted by molar-refractivity contribution is 5.92. The Morgan fingerprint density at radius 1 is 0.943 bits per heavy atom. The fourth-order valence-electron chi connectivity index (χ4n) is 3.96. The van der Waals surface area contributed by atoms with Crippen molar-refractivity contribution in [3.05, 3.63) is 71.0 Å². The van der Waals surface area contributed by atoms with Crippen LogP contribution in [0.5, 0.6) is 11.5 Å². The highest BCUT2D eigenvalue weighted by atomic mass is 35.5. The molecule has 1 saturated heterocycles. The molecule has 1 N–H and O–H groups in total. The van der Waals surface area contributed by atoms with Gasteiger partial charge in [0.25, 0.3) is 5.56 Å². The first kappa shape index (κ1) is 25.9. The molecule has 186 valence electrons. The number of hydrogen-bond donors (Lipinski definition) is 1. The predicted octanol–water partition coefficient (Wildman–Crippen LogP) is 3.04. The van der Waals surface area contributed by atoms with Crippen LogP contribution in [-0.2, 0) is 11.3 Å². The van der Waals surface area contributed by atoms with E-state index in [-0.39, 0.29) is 30.4 Å². The number of carbonyl (C=O) groups is 1. The second kappa shape index (κ2) is 12.1. The van der Waals surface area contributed by atoms with Gasteiger partial charge in [-0.3, -0.25) is 9.59 Å². The van der Waals surface area contributed by atoms with Crippen molar-refractivity contribution in [1.82, 2.24) is 9.78 Å². The van der Waals surface area contributed by atoms with Crippen molar-refractivity contribution < 1.29 is 14.3 Å². The number of nitrogens with zero attached hydrogens (tertiary/aromatic N) is 4. The van der Waals surface area contributed by atoms with Gasteiger partial charge in [-0.2, -0.15) is 5.10 Å². The number of aromatic nitrogens is 2. The molecule has 3 aromatic rings. The molecule has 0 spiro atoms. The van der Waals surface area contributed by atoms with E-state index in [1.54, 1.807) is 25.3 Å². The summed E-state index contributed by atoms with van der Waals surface area (Å²) in [5, 5.41) is 7.27. The number of carbonyl (C=O) groups excluding carboxylic acids is 1. The molecule has 9 nitrogen and oxygen atoms in total. The van der Waals surface area contributed by atoms with E-state index in [9.17, 15) is 9.59 Å². The summed E-state index contributed by atoms with van der Waals surface area (Å²) >= 11 is 0. The number of methoxy groups -OCH3 is 1. The Kier molecular flexibility index (Phi) is 8.97. The lowest BCUT2D eigenvalue weighted by Crippen LogP contribution is -2.47. The molecular weight excluding hydrogens is 470 g/mol. The van der Waals surface area contributed by atoms with Crippen molar-refractivity contribution in [2.24, 2.45) is 0 Å². The minimum absolute atomic E-state index is 0. The highest BCUT2D eigenvalue weighted by Gasteiger charge is 2.21. The Labute approximate surface area is 210 Å².